The number of piperidine rings is 1. The van der Waals surface area contributed by atoms with Gasteiger partial charge in [0.2, 0.25) is 0 Å². The van der Waals surface area contributed by atoms with Crippen molar-refractivity contribution in [2.75, 3.05) is 4.90 Å². The molecule has 6 rings (SSSR count). The predicted octanol–water partition coefficient (Wildman–Crippen LogP) is 6.39. The molecule has 1 aliphatic carbocycles. The minimum atomic E-state index is -4.44. The van der Waals surface area contributed by atoms with Crippen molar-refractivity contribution < 1.29 is 27.8 Å². The lowest BCUT2D eigenvalue weighted by Gasteiger charge is -2.39. The highest BCUT2D eigenvalue weighted by atomic mass is 19.4. The Morgan fingerprint density at radius 3 is 2.49 bits per heavy atom. The number of nitrogens with one attached hydrogen (secondary N) is 1. The number of benzene rings is 1. The highest BCUT2D eigenvalue weighted by Gasteiger charge is 2.42. The second-order valence-electron chi connectivity index (χ2n) is 10.3. The average Bonchev–Trinajstić information content (AvgIpc) is 3.58. The summed E-state index contributed by atoms with van der Waals surface area (Å²) in [6, 6.07) is 9.22. The largest absolute Gasteiger partial charge is 0.478 e. The minimum absolute atomic E-state index is 0.0240. The summed E-state index contributed by atoms with van der Waals surface area (Å²) in [6.45, 7) is 0.258. The number of aromatic amines is 1. The van der Waals surface area contributed by atoms with E-state index in [9.17, 15) is 23.1 Å². The number of ether oxygens (including phenoxy) is 1. The molecule has 4 heterocycles. The normalized spacial score (nSPS) is 23.4. The first-order valence-electron chi connectivity index (χ1n) is 12.8. The maximum atomic E-state index is 13.8. The summed E-state index contributed by atoms with van der Waals surface area (Å²) in [6.07, 6.45) is 4.32. The topological polar surface area (TPSA) is 78.4 Å². The molecule has 194 valence electrons. The third-order valence-corrected chi connectivity index (χ3v) is 7.94. The molecule has 3 aromatic rings. The second-order valence-corrected chi connectivity index (χ2v) is 10.3. The van der Waals surface area contributed by atoms with Crippen LogP contribution in [0.3, 0.4) is 0 Å². The molecule has 0 amide bonds. The fourth-order valence-electron chi connectivity index (χ4n) is 6.10. The molecule has 2 N–H and O–H groups in total. The van der Waals surface area contributed by atoms with E-state index in [1.165, 1.54) is 24.4 Å². The van der Waals surface area contributed by atoms with Crippen LogP contribution >= 0.6 is 0 Å². The SMILES string of the molecule is O=C(O)c1ccnc(N2C3CCC2CC(OCc2c(-c4ccccc4C(F)(F)F)c[nH]c2C2CC2)C3)c1. The molecule has 2 bridgehead atoms. The number of halogens is 3. The van der Waals surface area contributed by atoms with Crippen LogP contribution in [0.1, 0.15) is 71.6 Å². The molecule has 2 saturated heterocycles. The van der Waals surface area contributed by atoms with E-state index in [0.29, 0.717) is 17.3 Å². The zero-order valence-corrected chi connectivity index (χ0v) is 20.2. The zero-order chi connectivity index (χ0) is 25.7. The molecule has 1 aromatic carbocycles. The van der Waals surface area contributed by atoms with Gasteiger partial charge in [0, 0.05) is 41.3 Å². The summed E-state index contributed by atoms with van der Waals surface area (Å²) in [5.74, 6) is 0.0460. The second kappa shape index (κ2) is 9.20. The maximum Gasteiger partial charge on any atom is 0.417 e. The van der Waals surface area contributed by atoms with Crippen molar-refractivity contribution in [1.29, 1.82) is 0 Å². The van der Waals surface area contributed by atoms with E-state index in [1.807, 2.05) is 0 Å². The number of aromatic carboxylic acids is 1. The number of pyridine rings is 1. The van der Waals surface area contributed by atoms with Crippen molar-refractivity contribution in [3.05, 3.63) is 71.2 Å². The molecule has 37 heavy (non-hydrogen) atoms. The predicted molar refractivity (Wildman–Crippen MR) is 132 cm³/mol. The molecule has 2 aromatic heterocycles. The van der Waals surface area contributed by atoms with Crippen molar-refractivity contribution in [3.8, 4) is 11.1 Å². The summed E-state index contributed by atoms with van der Waals surface area (Å²) in [4.78, 5) is 21.3. The maximum absolute atomic E-state index is 13.8. The van der Waals surface area contributed by atoms with Gasteiger partial charge in [-0.15, -0.1) is 0 Å². The average molecular weight is 512 g/mol. The Labute approximate surface area is 212 Å². The molecule has 3 aliphatic rings. The minimum Gasteiger partial charge on any atom is -0.478 e. The van der Waals surface area contributed by atoms with Crippen molar-refractivity contribution in [3.63, 3.8) is 0 Å². The van der Waals surface area contributed by atoms with Gasteiger partial charge in [-0.1, -0.05) is 18.2 Å². The lowest BCUT2D eigenvalue weighted by molar-refractivity contribution is -0.137. The Hall–Kier alpha value is -3.33. The molecule has 3 fully saturated rings. The molecule has 1 saturated carbocycles. The third-order valence-electron chi connectivity index (χ3n) is 7.94. The van der Waals surface area contributed by atoms with Crippen LogP contribution in [0, 0.1) is 0 Å². The van der Waals surface area contributed by atoms with E-state index in [2.05, 4.69) is 14.9 Å². The number of H-pyrrole nitrogens is 1. The fraction of sp³-hybridized carbons (Fsp3) is 0.429. The number of anilines is 1. The summed E-state index contributed by atoms with van der Waals surface area (Å²) >= 11 is 0. The van der Waals surface area contributed by atoms with Crippen LogP contribution in [0.2, 0.25) is 0 Å². The molecule has 6 nitrogen and oxygen atoms in total. The number of hydrogen-bond acceptors (Lipinski definition) is 4. The summed E-state index contributed by atoms with van der Waals surface area (Å²) in [7, 11) is 0. The molecular weight excluding hydrogens is 483 g/mol. The molecule has 2 atom stereocenters. The first-order valence-corrected chi connectivity index (χ1v) is 12.8. The number of carboxylic acids is 1. The van der Waals surface area contributed by atoms with Gasteiger partial charge in [-0.25, -0.2) is 9.78 Å². The van der Waals surface area contributed by atoms with Gasteiger partial charge in [0.1, 0.15) is 5.82 Å². The van der Waals surface area contributed by atoms with Gasteiger partial charge >= 0.3 is 12.1 Å². The number of aromatic nitrogens is 2. The number of hydrogen-bond donors (Lipinski definition) is 2. The lowest BCUT2D eigenvalue weighted by atomic mass is 9.96. The van der Waals surface area contributed by atoms with Crippen LogP contribution in [0.5, 0.6) is 0 Å². The summed E-state index contributed by atoms with van der Waals surface area (Å²) < 4.78 is 47.7. The van der Waals surface area contributed by atoms with E-state index in [4.69, 9.17) is 4.74 Å². The van der Waals surface area contributed by atoms with Crippen LogP contribution in [0.25, 0.3) is 11.1 Å². The smallest absolute Gasteiger partial charge is 0.417 e. The van der Waals surface area contributed by atoms with Gasteiger partial charge in [-0.3, -0.25) is 0 Å². The van der Waals surface area contributed by atoms with Gasteiger partial charge in [0.05, 0.1) is 23.8 Å². The Bertz CT molecular complexity index is 1300. The summed E-state index contributed by atoms with van der Waals surface area (Å²) in [5.41, 5.74) is 2.13. The van der Waals surface area contributed by atoms with Crippen LogP contribution < -0.4 is 4.90 Å². The van der Waals surface area contributed by atoms with Crippen LogP contribution in [-0.4, -0.2) is 39.2 Å². The van der Waals surface area contributed by atoms with Crippen LogP contribution in [0.15, 0.2) is 48.8 Å². The highest BCUT2D eigenvalue weighted by Crippen LogP contribution is 2.46. The Kier molecular flexibility index (Phi) is 5.98. The van der Waals surface area contributed by atoms with E-state index < -0.39 is 17.7 Å². The Morgan fingerprint density at radius 1 is 1.08 bits per heavy atom. The number of alkyl halides is 3. The van der Waals surface area contributed by atoms with Crippen LogP contribution in [0.4, 0.5) is 19.0 Å². The van der Waals surface area contributed by atoms with Gasteiger partial charge in [-0.2, -0.15) is 13.2 Å². The standard InChI is InChI=1S/C28H28F3N3O3/c29-28(30,31)24-4-2-1-3-21(24)22-14-33-26(16-5-6-16)23(22)15-37-20-12-18-7-8-19(13-20)34(18)25-11-17(27(35)36)9-10-32-25/h1-4,9-11,14,16,18-20,33H,5-8,12-13,15H2,(H,35,36). The van der Waals surface area contributed by atoms with E-state index in [0.717, 1.165) is 55.8 Å². The number of carbonyl (C=O) groups is 1. The third kappa shape index (κ3) is 4.61. The quantitative estimate of drug-likeness (QED) is 0.385. The van der Waals surface area contributed by atoms with Crippen molar-refractivity contribution >= 4 is 11.8 Å². The van der Waals surface area contributed by atoms with Gasteiger partial charge < -0.3 is 19.7 Å². The molecule has 2 aliphatic heterocycles. The monoisotopic (exact) mass is 511 g/mol. The number of rotatable bonds is 7. The summed E-state index contributed by atoms with van der Waals surface area (Å²) in [5, 5.41) is 9.36. The Balaban J connectivity index is 1.22. The van der Waals surface area contributed by atoms with E-state index in [-0.39, 0.29) is 35.9 Å². The molecule has 0 spiro atoms. The van der Waals surface area contributed by atoms with Crippen molar-refractivity contribution in [2.24, 2.45) is 0 Å². The van der Waals surface area contributed by atoms with E-state index >= 15 is 0 Å². The molecule has 2 unspecified atom stereocenters. The highest BCUT2D eigenvalue weighted by molar-refractivity contribution is 5.88. The fourth-order valence-corrected chi connectivity index (χ4v) is 6.10. The number of fused-ring (bicyclic) bond motifs is 2. The van der Waals surface area contributed by atoms with Gasteiger partial charge in [0.25, 0.3) is 0 Å². The number of carboxylic acid groups (broad SMARTS) is 1. The molecular formula is C28H28F3N3O3. The molecule has 9 heteroatoms. The Morgan fingerprint density at radius 2 is 1.81 bits per heavy atom. The lowest BCUT2D eigenvalue weighted by Crippen LogP contribution is -2.46. The van der Waals surface area contributed by atoms with Crippen LogP contribution in [-0.2, 0) is 17.5 Å². The molecule has 0 radical (unpaired) electrons. The first kappa shape index (κ1) is 24.0. The van der Waals surface area contributed by atoms with Crippen molar-refractivity contribution in [1.82, 2.24) is 9.97 Å². The number of nitrogens with zero attached hydrogens (tertiary/aromatic N) is 2. The zero-order valence-electron chi connectivity index (χ0n) is 20.2. The van der Waals surface area contributed by atoms with Gasteiger partial charge in [-0.05, 0) is 68.2 Å². The van der Waals surface area contributed by atoms with Crippen molar-refractivity contribution in [2.45, 2.75) is 75.4 Å². The first-order chi connectivity index (χ1) is 17.8. The van der Waals surface area contributed by atoms with E-state index in [1.54, 1.807) is 18.3 Å². The van der Waals surface area contributed by atoms with Gasteiger partial charge in [0.15, 0.2) is 0 Å².